The van der Waals surface area contributed by atoms with Crippen molar-refractivity contribution in [2.45, 2.75) is 27.3 Å². The first-order valence-corrected chi connectivity index (χ1v) is 10.1. The lowest BCUT2D eigenvalue weighted by molar-refractivity contribution is 0.0831. The van der Waals surface area contributed by atoms with Gasteiger partial charge in [-0.05, 0) is 48.2 Å². The third-order valence-corrected chi connectivity index (χ3v) is 5.32. The van der Waals surface area contributed by atoms with Crippen LogP contribution in [-0.4, -0.2) is 38.1 Å². The number of benzene rings is 2. The number of anilines is 1. The van der Waals surface area contributed by atoms with Crippen LogP contribution < -0.4 is 14.4 Å². The van der Waals surface area contributed by atoms with Crippen LogP contribution in [0.4, 0.5) is 5.69 Å². The number of nitrogens with zero attached hydrogens (tertiary/aromatic N) is 2. The van der Waals surface area contributed by atoms with Gasteiger partial charge in [-0.15, -0.1) is 0 Å². The molecule has 2 aliphatic heterocycles. The molecule has 2 aromatic rings. The molecule has 5 heteroatoms. The minimum absolute atomic E-state index is 0.0574. The molecule has 0 radical (unpaired) electrons. The van der Waals surface area contributed by atoms with Crippen molar-refractivity contribution in [2.24, 2.45) is 5.92 Å². The molecule has 0 atom stereocenters. The monoisotopic (exact) mass is 392 g/mol. The van der Waals surface area contributed by atoms with E-state index in [1.165, 1.54) is 0 Å². The Balaban J connectivity index is 1.66. The van der Waals surface area contributed by atoms with Crippen molar-refractivity contribution in [3.05, 3.63) is 58.3 Å². The van der Waals surface area contributed by atoms with E-state index >= 15 is 0 Å². The van der Waals surface area contributed by atoms with Gasteiger partial charge in [0.1, 0.15) is 18.2 Å². The normalized spacial score (nSPS) is 17.2. The topological polar surface area (TPSA) is 42.0 Å². The van der Waals surface area contributed by atoms with Crippen molar-refractivity contribution in [3.8, 4) is 11.5 Å². The van der Waals surface area contributed by atoms with Gasteiger partial charge in [-0.25, -0.2) is 0 Å². The van der Waals surface area contributed by atoms with Crippen molar-refractivity contribution in [1.29, 1.82) is 0 Å². The fourth-order valence-electron chi connectivity index (χ4n) is 3.93. The van der Waals surface area contributed by atoms with E-state index in [-0.39, 0.29) is 5.78 Å². The highest BCUT2D eigenvalue weighted by Crippen LogP contribution is 2.44. The molecule has 0 saturated carbocycles. The van der Waals surface area contributed by atoms with Crippen LogP contribution in [0.5, 0.6) is 11.5 Å². The maximum atomic E-state index is 13.1. The Kier molecular flexibility index (Phi) is 5.09. The van der Waals surface area contributed by atoms with E-state index < -0.39 is 0 Å². The number of carbonyl (C=O) groups is 1. The average molecular weight is 392 g/mol. The summed E-state index contributed by atoms with van der Waals surface area (Å²) in [4.78, 5) is 17.4. The third kappa shape index (κ3) is 3.75. The van der Waals surface area contributed by atoms with Crippen LogP contribution in [-0.2, 0) is 6.54 Å². The van der Waals surface area contributed by atoms with Crippen LogP contribution >= 0.6 is 0 Å². The number of carbonyl (C=O) groups excluding carboxylic acids is 1. The first-order valence-electron chi connectivity index (χ1n) is 10.1. The molecule has 0 amide bonds. The van der Waals surface area contributed by atoms with E-state index in [1.807, 2.05) is 62.3 Å². The summed E-state index contributed by atoms with van der Waals surface area (Å²) in [6, 6.07) is 10.0. The summed E-state index contributed by atoms with van der Waals surface area (Å²) in [5.41, 5.74) is 4.58. The first-order chi connectivity index (χ1) is 13.8. The maximum absolute atomic E-state index is 13.1. The van der Waals surface area contributed by atoms with Crippen molar-refractivity contribution in [2.75, 3.05) is 32.3 Å². The standard InChI is InChI=1S/C24H28N2O3/c1-15(2)12-26-13-19-20(28-14-26)10-16(3)22-23(27)21(29-24(19)22)11-17-6-8-18(9-7-17)25(4)5/h6-11,15H,12-14H2,1-5H3/b21-11-. The molecule has 0 aromatic heterocycles. The molecule has 2 heterocycles. The van der Waals surface area contributed by atoms with Gasteiger partial charge in [0.15, 0.2) is 5.76 Å². The zero-order chi connectivity index (χ0) is 20.7. The van der Waals surface area contributed by atoms with E-state index in [4.69, 9.17) is 9.47 Å². The third-order valence-electron chi connectivity index (χ3n) is 5.32. The Morgan fingerprint density at radius 1 is 1.21 bits per heavy atom. The van der Waals surface area contributed by atoms with Crippen molar-refractivity contribution in [1.82, 2.24) is 4.90 Å². The van der Waals surface area contributed by atoms with E-state index in [9.17, 15) is 4.79 Å². The van der Waals surface area contributed by atoms with E-state index in [0.29, 0.717) is 29.7 Å². The van der Waals surface area contributed by atoms with Crippen LogP contribution in [0.3, 0.4) is 0 Å². The van der Waals surface area contributed by atoms with Crippen LogP contribution in [0, 0.1) is 12.8 Å². The summed E-state index contributed by atoms with van der Waals surface area (Å²) in [7, 11) is 4.01. The fourth-order valence-corrected chi connectivity index (χ4v) is 3.93. The zero-order valence-electron chi connectivity index (χ0n) is 17.8. The van der Waals surface area contributed by atoms with Gasteiger partial charge in [0.25, 0.3) is 0 Å². The molecule has 0 N–H and O–H groups in total. The van der Waals surface area contributed by atoms with E-state index in [1.54, 1.807) is 0 Å². The average Bonchev–Trinajstić information content (AvgIpc) is 2.99. The Bertz CT molecular complexity index is 975. The Morgan fingerprint density at radius 3 is 2.59 bits per heavy atom. The van der Waals surface area contributed by atoms with Crippen molar-refractivity contribution < 1.29 is 14.3 Å². The Labute approximate surface area is 172 Å². The van der Waals surface area contributed by atoms with Gasteiger partial charge in [0.2, 0.25) is 5.78 Å². The zero-order valence-corrected chi connectivity index (χ0v) is 17.8. The van der Waals surface area contributed by atoms with Gasteiger partial charge in [-0.3, -0.25) is 9.69 Å². The number of aryl methyl sites for hydroxylation is 1. The smallest absolute Gasteiger partial charge is 0.232 e. The molecule has 152 valence electrons. The summed E-state index contributed by atoms with van der Waals surface area (Å²) in [6.45, 7) is 8.57. The number of ether oxygens (including phenoxy) is 2. The van der Waals surface area contributed by atoms with Crippen LogP contribution in [0.2, 0.25) is 0 Å². The van der Waals surface area contributed by atoms with Gasteiger partial charge >= 0.3 is 0 Å². The van der Waals surface area contributed by atoms with Crippen molar-refractivity contribution in [3.63, 3.8) is 0 Å². The second-order valence-electron chi connectivity index (χ2n) is 8.48. The number of ketones is 1. The van der Waals surface area contributed by atoms with Crippen LogP contribution in [0.1, 0.15) is 40.9 Å². The largest absolute Gasteiger partial charge is 0.478 e. The molecule has 0 spiro atoms. The lowest BCUT2D eigenvalue weighted by atomic mass is 9.98. The molecule has 0 fully saturated rings. The molecule has 29 heavy (non-hydrogen) atoms. The Hall–Kier alpha value is -2.79. The lowest BCUT2D eigenvalue weighted by Gasteiger charge is -2.31. The predicted octanol–water partition coefficient (Wildman–Crippen LogP) is 4.49. The molecule has 0 unspecified atom stereocenters. The number of rotatable bonds is 4. The number of Topliss-reactive ketones (excluding diaryl/α,β-unsaturated/α-hetero) is 1. The molecular weight excluding hydrogens is 364 g/mol. The summed E-state index contributed by atoms with van der Waals surface area (Å²) < 4.78 is 12.1. The minimum Gasteiger partial charge on any atom is -0.478 e. The number of hydrogen-bond acceptors (Lipinski definition) is 5. The number of fused-ring (bicyclic) bond motifs is 3. The lowest BCUT2D eigenvalue weighted by Crippen LogP contribution is -2.35. The van der Waals surface area contributed by atoms with Gasteiger partial charge in [-0.2, -0.15) is 0 Å². The highest BCUT2D eigenvalue weighted by Gasteiger charge is 2.35. The second-order valence-corrected chi connectivity index (χ2v) is 8.48. The maximum Gasteiger partial charge on any atom is 0.232 e. The highest BCUT2D eigenvalue weighted by molar-refractivity contribution is 6.15. The van der Waals surface area contributed by atoms with Crippen molar-refractivity contribution >= 4 is 17.5 Å². The molecule has 5 nitrogen and oxygen atoms in total. The fraction of sp³-hybridized carbons (Fsp3) is 0.375. The summed E-state index contributed by atoms with van der Waals surface area (Å²) in [5.74, 6) is 2.34. The van der Waals surface area contributed by atoms with Gasteiger partial charge in [0, 0.05) is 32.9 Å². The molecule has 0 aliphatic carbocycles. The van der Waals surface area contributed by atoms with Gasteiger partial charge < -0.3 is 14.4 Å². The molecular formula is C24H28N2O3. The molecule has 2 aromatic carbocycles. The first kappa shape index (κ1) is 19.5. The Morgan fingerprint density at radius 2 is 1.93 bits per heavy atom. The van der Waals surface area contributed by atoms with E-state index in [0.717, 1.165) is 41.2 Å². The minimum atomic E-state index is -0.0574. The summed E-state index contributed by atoms with van der Waals surface area (Å²) >= 11 is 0. The summed E-state index contributed by atoms with van der Waals surface area (Å²) in [6.07, 6.45) is 1.82. The van der Waals surface area contributed by atoms with E-state index in [2.05, 4.69) is 18.7 Å². The van der Waals surface area contributed by atoms with Crippen LogP contribution in [0.15, 0.2) is 36.1 Å². The predicted molar refractivity (Wildman–Crippen MR) is 116 cm³/mol. The molecule has 0 bridgehead atoms. The van der Waals surface area contributed by atoms with Crippen LogP contribution in [0.25, 0.3) is 6.08 Å². The molecule has 0 saturated heterocycles. The number of allylic oxidation sites excluding steroid dienone is 1. The number of hydrogen-bond donors (Lipinski definition) is 0. The quantitative estimate of drug-likeness (QED) is 0.718. The van der Waals surface area contributed by atoms with Gasteiger partial charge in [-0.1, -0.05) is 26.0 Å². The molecule has 2 aliphatic rings. The van der Waals surface area contributed by atoms with Gasteiger partial charge in [0.05, 0.1) is 11.1 Å². The second kappa shape index (κ2) is 7.56. The SMILES string of the molecule is Cc1cc2c(c3c1C(=O)/C(=C/c1ccc(N(C)C)cc1)O3)CN(CC(C)C)CO2. The molecule has 4 rings (SSSR count). The summed E-state index contributed by atoms with van der Waals surface area (Å²) in [5, 5.41) is 0. The highest BCUT2D eigenvalue weighted by atomic mass is 16.5.